The van der Waals surface area contributed by atoms with Gasteiger partial charge in [0.2, 0.25) is 0 Å². The van der Waals surface area contributed by atoms with Crippen LogP contribution in [0.3, 0.4) is 0 Å². The van der Waals surface area contributed by atoms with E-state index in [0.717, 1.165) is 16.5 Å². The van der Waals surface area contributed by atoms with Crippen LogP contribution in [0, 0.1) is 0 Å². The van der Waals surface area contributed by atoms with Crippen LogP contribution in [0.2, 0.25) is 0 Å². The molecule has 2 aromatic heterocycles. The topological polar surface area (TPSA) is 67.5 Å². The van der Waals surface area contributed by atoms with Crippen LogP contribution >= 0.6 is 11.3 Å². The van der Waals surface area contributed by atoms with Crippen molar-refractivity contribution in [3.8, 4) is 5.75 Å². The summed E-state index contributed by atoms with van der Waals surface area (Å²) in [4.78, 5) is 4.53. The summed E-state index contributed by atoms with van der Waals surface area (Å²) in [6.07, 6.45) is 1.56. The number of aromatic nitrogens is 1. The van der Waals surface area contributed by atoms with E-state index in [1.165, 1.54) is 0 Å². The van der Waals surface area contributed by atoms with Gasteiger partial charge in [-0.05, 0) is 31.2 Å². The van der Waals surface area contributed by atoms with Crippen LogP contribution in [0.25, 0.3) is 0 Å². The van der Waals surface area contributed by atoms with Crippen LogP contribution in [-0.2, 0) is 18.8 Å². The largest absolute Gasteiger partial charge is 0.486 e. The summed E-state index contributed by atoms with van der Waals surface area (Å²) in [5.74, 6) is 1.38. The second kappa shape index (κ2) is 7.61. The molecular formula is C18H20N2O3S. The second-order valence-corrected chi connectivity index (χ2v) is 6.63. The maximum atomic E-state index is 10.4. The lowest BCUT2D eigenvalue weighted by Crippen LogP contribution is -2.34. The highest BCUT2D eigenvalue weighted by molar-refractivity contribution is 7.09. The molecule has 6 heteroatoms. The first-order chi connectivity index (χ1) is 11.6. The SMILES string of the molecule is CC(O)(CNCc1csc(COc2ccccc2)n1)c1ccco1. The molecule has 1 aromatic carbocycles. The number of nitrogens with one attached hydrogen (secondary N) is 1. The summed E-state index contributed by atoms with van der Waals surface area (Å²) in [5, 5.41) is 16.5. The number of benzene rings is 1. The molecular weight excluding hydrogens is 324 g/mol. The molecule has 2 N–H and O–H groups in total. The van der Waals surface area contributed by atoms with Crippen molar-refractivity contribution in [2.24, 2.45) is 0 Å². The van der Waals surface area contributed by atoms with E-state index < -0.39 is 5.60 Å². The minimum atomic E-state index is -1.04. The number of hydrogen-bond donors (Lipinski definition) is 2. The van der Waals surface area contributed by atoms with Crippen molar-refractivity contribution in [1.29, 1.82) is 0 Å². The highest BCUT2D eigenvalue weighted by Crippen LogP contribution is 2.20. The minimum absolute atomic E-state index is 0.383. The molecule has 0 fully saturated rings. The van der Waals surface area contributed by atoms with E-state index in [2.05, 4.69) is 10.3 Å². The predicted molar refractivity (Wildman–Crippen MR) is 92.9 cm³/mol. The lowest BCUT2D eigenvalue weighted by Gasteiger charge is -2.20. The molecule has 0 amide bonds. The third-order valence-corrected chi connectivity index (χ3v) is 4.40. The van der Waals surface area contributed by atoms with Gasteiger partial charge in [-0.15, -0.1) is 11.3 Å². The Morgan fingerprint density at radius 1 is 1.25 bits per heavy atom. The monoisotopic (exact) mass is 344 g/mol. The molecule has 0 radical (unpaired) electrons. The number of ether oxygens (including phenoxy) is 1. The third-order valence-electron chi connectivity index (χ3n) is 3.53. The highest BCUT2D eigenvalue weighted by atomic mass is 32.1. The number of para-hydroxylation sites is 1. The molecule has 0 aliphatic heterocycles. The average Bonchev–Trinajstić information content (AvgIpc) is 3.26. The summed E-state index contributed by atoms with van der Waals surface area (Å²) in [6.45, 7) is 3.14. The molecule has 24 heavy (non-hydrogen) atoms. The second-order valence-electron chi connectivity index (χ2n) is 5.69. The Kier molecular flexibility index (Phi) is 5.30. The minimum Gasteiger partial charge on any atom is -0.486 e. The summed E-state index contributed by atoms with van der Waals surface area (Å²) < 4.78 is 10.9. The van der Waals surface area contributed by atoms with Crippen LogP contribution < -0.4 is 10.1 Å². The van der Waals surface area contributed by atoms with Crippen LogP contribution in [0.4, 0.5) is 0 Å². The van der Waals surface area contributed by atoms with Gasteiger partial charge < -0.3 is 19.6 Å². The first-order valence-electron chi connectivity index (χ1n) is 7.72. The van der Waals surface area contributed by atoms with Gasteiger partial charge in [-0.25, -0.2) is 4.98 Å². The summed E-state index contributed by atoms with van der Waals surface area (Å²) in [7, 11) is 0. The van der Waals surface area contributed by atoms with Gasteiger partial charge in [0.15, 0.2) is 0 Å². The Labute approximate surface area is 144 Å². The van der Waals surface area contributed by atoms with Gasteiger partial charge >= 0.3 is 0 Å². The van der Waals surface area contributed by atoms with Crippen LogP contribution in [0.5, 0.6) is 5.75 Å². The van der Waals surface area contributed by atoms with Gasteiger partial charge in [-0.2, -0.15) is 0 Å². The van der Waals surface area contributed by atoms with Gasteiger partial charge in [0.1, 0.15) is 28.7 Å². The maximum absolute atomic E-state index is 10.4. The molecule has 0 saturated heterocycles. The lowest BCUT2D eigenvalue weighted by atomic mass is 10.0. The van der Waals surface area contributed by atoms with E-state index >= 15 is 0 Å². The fourth-order valence-electron chi connectivity index (χ4n) is 2.26. The fraction of sp³-hybridized carbons (Fsp3) is 0.278. The van der Waals surface area contributed by atoms with Crippen LogP contribution in [0.15, 0.2) is 58.5 Å². The van der Waals surface area contributed by atoms with E-state index in [9.17, 15) is 5.11 Å². The van der Waals surface area contributed by atoms with Crippen molar-refractivity contribution >= 4 is 11.3 Å². The van der Waals surface area contributed by atoms with Crippen molar-refractivity contribution in [3.63, 3.8) is 0 Å². The van der Waals surface area contributed by atoms with Crippen molar-refractivity contribution < 1.29 is 14.3 Å². The van der Waals surface area contributed by atoms with E-state index in [-0.39, 0.29) is 0 Å². The van der Waals surface area contributed by atoms with E-state index in [1.807, 2.05) is 35.7 Å². The molecule has 0 saturated carbocycles. The Morgan fingerprint density at radius 2 is 2.08 bits per heavy atom. The van der Waals surface area contributed by atoms with E-state index in [4.69, 9.17) is 9.15 Å². The molecule has 3 rings (SSSR count). The fourth-order valence-corrected chi connectivity index (χ4v) is 2.97. The summed E-state index contributed by atoms with van der Waals surface area (Å²) in [6, 6.07) is 13.2. The van der Waals surface area contributed by atoms with Crippen LogP contribution in [-0.4, -0.2) is 16.6 Å². The zero-order valence-electron chi connectivity index (χ0n) is 13.4. The van der Waals surface area contributed by atoms with Crippen LogP contribution in [0.1, 0.15) is 23.4 Å². The predicted octanol–water partition coefficient (Wildman–Crippen LogP) is 3.31. The van der Waals surface area contributed by atoms with Crippen molar-refractivity contribution in [3.05, 3.63) is 70.6 Å². The zero-order chi connectivity index (χ0) is 16.8. The zero-order valence-corrected chi connectivity index (χ0v) is 14.3. The number of rotatable bonds is 8. The van der Waals surface area contributed by atoms with Gasteiger partial charge in [0.05, 0.1) is 12.0 Å². The molecule has 5 nitrogen and oxygen atoms in total. The average molecular weight is 344 g/mol. The lowest BCUT2D eigenvalue weighted by molar-refractivity contribution is 0.0340. The molecule has 0 aliphatic rings. The molecule has 1 unspecified atom stereocenters. The normalized spacial score (nSPS) is 13.6. The molecule has 0 spiro atoms. The summed E-state index contributed by atoms with van der Waals surface area (Å²) >= 11 is 1.57. The van der Waals surface area contributed by atoms with Gasteiger partial charge in [0, 0.05) is 18.5 Å². The summed E-state index contributed by atoms with van der Waals surface area (Å²) in [5.41, 5.74) is -0.111. The molecule has 3 aromatic rings. The van der Waals surface area contributed by atoms with E-state index in [1.54, 1.807) is 36.7 Å². The first-order valence-corrected chi connectivity index (χ1v) is 8.60. The van der Waals surface area contributed by atoms with Gasteiger partial charge in [-0.1, -0.05) is 18.2 Å². The standard InChI is InChI=1S/C18H20N2O3S/c1-18(21,16-8-5-9-22-16)13-19-10-14-12-24-17(20-14)11-23-15-6-3-2-4-7-15/h2-9,12,19,21H,10-11,13H2,1H3. The Hall–Kier alpha value is -2.15. The molecule has 2 heterocycles. The smallest absolute Gasteiger partial charge is 0.140 e. The van der Waals surface area contributed by atoms with Crippen molar-refractivity contribution in [2.75, 3.05) is 6.54 Å². The molecule has 0 bridgehead atoms. The van der Waals surface area contributed by atoms with Crippen molar-refractivity contribution in [2.45, 2.75) is 25.7 Å². The number of hydrogen-bond acceptors (Lipinski definition) is 6. The quantitative estimate of drug-likeness (QED) is 0.656. The Balaban J connectivity index is 1.46. The number of thiazole rings is 1. The maximum Gasteiger partial charge on any atom is 0.140 e. The Bertz CT molecular complexity index is 739. The Morgan fingerprint density at radius 3 is 2.83 bits per heavy atom. The van der Waals surface area contributed by atoms with E-state index in [0.29, 0.717) is 25.5 Å². The van der Waals surface area contributed by atoms with Gasteiger partial charge in [-0.3, -0.25) is 0 Å². The highest BCUT2D eigenvalue weighted by Gasteiger charge is 2.25. The molecule has 126 valence electrons. The number of nitrogens with zero attached hydrogens (tertiary/aromatic N) is 1. The van der Waals surface area contributed by atoms with Crippen molar-refractivity contribution in [1.82, 2.24) is 10.3 Å². The molecule has 1 atom stereocenters. The third kappa shape index (κ3) is 4.44. The number of aliphatic hydroxyl groups is 1. The van der Waals surface area contributed by atoms with Gasteiger partial charge in [0.25, 0.3) is 0 Å². The first kappa shape index (κ1) is 16.7. The number of furan rings is 1. The molecule has 0 aliphatic carbocycles.